The lowest BCUT2D eigenvalue weighted by molar-refractivity contribution is 0.0951. The fourth-order valence-corrected chi connectivity index (χ4v) is 5.81. The summed E-state index contributed by atoms with van der Waals surface area (Å²) in [6.45, 7) is 4.71. The standard InChI is InChI=1S/C22H32ClN3O3S2/c1-3-4-5-6-14-24-15-7-16-26(2)31(28,29)21-13-12-20(30-21)17-25-22(27)18-8-10-19(23)11-9-18/h8-13,24H,3-7,14-17H2,1-2H3,(H,25,27). The number of carbonyl (C=O) groups is 1. The molecule has 0 aliphatic heterocycles. The smallest absolute Gasteiger partial charge is 0.252 e. The molecule has 1 heterocycles. The quantitative estimate of drug-likeness (QED) is 0.386. The highest BCUT2D eigenvalue weighted by Crippen LogP contribution is 2.24. The molecule has 0 fully saturated rings. The van der Waals surface area contributed by atoms with Crippen molar-refractivity contribution in [2.45, 2.75) is 49.8 Å². The molecule has 2 aromatic rings. The molecule has 1 aromatic heterocycles. The van der Waals surface area contributed by atoms with Crippen molar-refractivity contribution in [1.82, 2.24) is 14.9 Å². The summed E-state index contributed by atoms with van der Waals surface area (Å²) in [6, 6.07) is 9.96. The van der Waals surface area contributed by atoms with E-state index in [1.54, 1.807) is 43.4 Å². The molecular formula is C22H32ClN3O3S2. The lowest BCUT2D eigenvalue weighted by Crippen LogP contribution is -2.29. The van der Waals surface area contributed by atoms with Crippen LogP contribution in [0.2, 0.25) is 5.02 Å². The number of carbonyl (C=O) groups excluding carboxylic acids is 1. The molecule has 0 aliphatic rings. The second-order valence-electron chi connectivity index (χ2n) is 7.40. The first-order valence-electron chi connectivity index (χ1n) is 10.6. The van der Waals surface area contributed by atoms with Crippen molar-refractivity contribution in [3.63, 3.8) is 0 Å². The number of thiophene rings is 1. The van der Waals surface area contributed by atoms with E-state index >= 15 is 0 Å². The van der Waals surface area contributed by atoms with Gasteiger partial charge in [0.15, 0.2) is 0 Å². The number of amides is 1. The minimum Gasteiger partial charge on any atom is -0.347 e. The van der Waals surface area contributed by atoms with Crippen LogP contribution in [0.1, 0.15) is 54.3 Å². The van der Waals surface area contributed by atoms with E-state index in [-0.39, 0.29) is 12.5 Å². The molecule has 0 radical (unpaired) electrons. The minimum atomic E-state index is -3.52. The molecule has 1 aromatic carbocycles. The summed E-state index contributed by atoms with van der Waals surface area (Å²) in [4.78, 5) is 13.0. The first kappa shape index (κ1) is 25.8. The van der Waals surface area contributed by atoms with Gasteiger partial charge in [-0.05, 0) is 62.3 Å². The number of unbranched alkanes of at least 4 members (excludes halogenated alkanes) is 3. The van der Waals surface area contributed by atoms with Gasteiger partial charge in [0.05, 0.1) is 6.54 Å². The second-order valence-corrected chi connectivity index (χ2v) is 11.3. The van der Waals surface area contributed by atoms with Crippen LogP contribution in [0.5, 0.6) is 0 Å². The van der Waals surface area contributed by atoms with Crippen molar-refractivity contribution in [2.24, 2.45) is 0 Å². The first-order chi connectivity index (χ1) is 14.8. The molecule has 31 heavy (non-hydrogen) atoms. The van der Waals surface area contributed by atoms with Crippen LogP contribution in [0.3, 0.4) is 0 Å². The minimum absolute atomic E-state index is 0.228. The van der Waals surface area contributed by atoms with E-state index < -0.39 is 10.0 Å². The maximum Gasteiger partial charge on any atom is 0.252 e. The number of hydrogen-bond donors (Lipinski definition) is 2. The van der Waals surface area contributed by atoms with E-state index in [9.17, 15) is 13.2 Å². The summed E-state index contributed by atoms with van der Waals surface area (Å²) in [5, 5.41) is 6.75. The number of hydrogen-bond acceptors (Lipinski definition) is 5. The van der Waals surface area contributed by atoms with Gasteiger partial charge in [-0.1, -0.05) is 37.8 Å². The molecule has 2 N–H and O–H groups in total. The fourth-order valence-electron chi connectivity index (χ4n) is 2.96. The summed E-state index contributed by atoms with van der Waals surface area (Å²) in [7, 11) is -1.91. The molecule has 1 amide bonds. The van der Waals surface area contributed by atoms with Crippen LogP contribution in [0.15, 0.2) is 40.6 Å². The summed E-state index contributed by atoms with van der Waals surface area (Å²) in [6.07, 6.45) is 5.64. The molecule has 172 valence electrons. The first-order valence-corrected chi connectivity index (χ1v) is 13.3. The highest BCUT2D eigenvalue weighted by atomic mass is 35.5. The van der Waals surface area contributed by atoms with Gasteiger partial charge in [-0.15, -0.1) is 11.3 Å². The normalized spacial score (nSPS) is 11.7. The Bertz CT molecular complexity index is 914. The van der Waals surface area contributed by atoms with Gasteiger partial charge < -0.3 is 10.6 Å². The van der Waals surface area contributed by atoms with E-state index in [0.717, 1.165) is 30.8 Å². The molecule has 6 nitrogen and oxygen atoms in total. The molecule has 0 spiro atoms. The second kappa shape index (κ2) is 13.2. The maximum absolute atomic E-state index is 12.8. The van der Waals surface area contributed by atoms with Crippen LogP contribution < -0.4 is 10.6 Å². The summed E-state index contributed by atoms with van der Waals surface area (Å²) in [5.41, 5.74) is 0.507. The van der Waals surface area contributed by atoms with Crippen LogP contribution in [-0.2, 0) is 16.6 Å². The van der Waals surface area contributed by atoms with Crippen LogP contribution in [-0.4, -0.2) is 45.3 Å². The van der Waals surface area contributed by atoms with Crippen LogP contribution in [0.4, 0.5) is 0 Å². The Balaban J connectivity index is 1.77. The van der Waals surface area contributed by atoms with Crippen LogP contribution in [0.25, 0.3) is 0 Å². The van der Waals surface area contributed by atoms with Crippen molar-refractivity contribution in [3.05, 3.63) is 51.9 Å². The topological polar surface area (TPSA) is 78.5 Å². The maximum atomic E-state index is 12.8. The number of nitrogens with zero attached hydrogens (tertiary/aromatic N) is 1. The van der Waals surface area contributed by atoms with Gasteiger partial charge in [-0.25, -0.2) is 12.7 Å². The van der Waals surface area contributed by atoms with Gasteiger partial charge in [0, 0.05) is 29.1 Å². The highest BCUT2D eigenvalue weighted by Gasteiger charge is 2.22. The number of sulfonamides is 1. The largest absolute Gasteiger partial charge is 0.347 e. The van der Waals surface area contributed by atoms with Gasteiger partial charge in [0.2, 0.25) is 0 Å². The molecular weight excluding hydrogens is 454 g/mol. The van der Waals surface area contributed by atoms with Gasteiger partial charge in [-0.2, -0.15) is 0 Å². The number of benzene rings is 1. The lowest BCUT2D eigenvalue weighted by atomic mass is 10.2. The van der Waals surface area contributed by atoms with Crippen LogP contribution >= 0.6 is 22.9 Å². The summed E-state index contributed by atoms with van der Waals surface area (Å²) < 4.78 is 27.3. The zero-order chi connectivity index (χ0) is 22.7. The van der Waals surface area contributed by atoms with E-state index in [2.05, 4.69) is 17.6 Å². The SMILES string of the molecule is CCCCCCNCCCN(C)S(=O)(=O)c1ccc(CNC(=O)c2ccc(Cl)cc2)s1. The van der Waals surface area contributed by atoms with Crippen molar-refractivity contribution in [3.8, 4) is 0 Å². The Morgan fingerprint density at radius 2 is 1.74 bits per heavy atom. The van der Waals surface area contributed by atoms with E-state index in [1.165, 1.54) is 34.9 Å². The lowest BCUT2D eigenvalue weighted by Gasteiger charge is -2.16. The van der Waals surface area contributed by atoms with Gasteiger partial charge >= 0.3 is 0 Å². The van der Waals surface area contributed by atoms with Crippen molar-refractivity contribution < 1.29 is 13.2 Å². The monoisotopic (exact) mass is 485 g/mol. The Kier molecular flexibility index (Phi) is 11.0. The molecule has 0 unspecified atom stereocenters. The predicted molar refractivity (Wildman–Crippen MR) is 128 cm³/mol. The predicted octanol–water partition coefficient (Wildman–Crippen LogP) is 4.51. The average molecular weight is 486 g/mol. The van der Waals surface area contributed by atoms with E-state index in [4.69, 9.17) is 11.6 Å². The van der Waals surface area contributed by atoms with Gasteiger partial charge in [-0.3, -0.25) is 4.79 Å². The van der Waals surface area contributed by atoms with Gasteiger partial charge in [0.25, 0.3) is 15.9 Å². The average Bonchev–Trinajstić information content (AvgIpc) is 3.24. The highest BCUT2D eigenvalue weighted by molar-refractivity contribution is 7.91. The molecule has 0 saturated carbocycles. The van der Waals surface area contributed by atoms with E-state index in [0.29, 0.717) is 21.3 Å². The molecule has 0 saturated heterocycles. The Morgan fingerprint density at radius 1 is 1.03 bits per heavy atom. The third-order valence-corrected chi connectivity index (χ3v) is 8.53. The van der Waals surface area contributed by atoms with Crippen molar-refractivity contribution in [2.75, 3.05) is 26.7 Å². The molecule has 0 bridgehead atoms. The summed E-state index contributed by atoms with van der Waals surface area (Å²) in [5.74, 6) is -0.228. The molecule has 0 atom stereocenters. The zero-order valence-corrected chi connectivity index (χ0v) is 20.6. The number of rotatable bonds is 14. The molecule has 2 rings (SSSR count). The van der Waals surface area contributed by atoms with Crippen LogP contribution in [0, 0.1) is 0 Å². The Labute approximate surface area is 195 Å². The fraction of sp³-hybridized carbons (Fsp3) is 0.500. The third kappa shape index (κ3) is 8.54. The Hall–Kier alpha value is -1.45. The Morgan fingerprint density at radius 3 is 2.45 bits per heavy atom. The summed E-state index contributed by atoms with van der Waals surface area (Å²) >= 11 is 7.02. The van der Waals surface area contributed by atoms with E-state index in [1.807, 2.05) is 0 Å². The van der Waals surface area contributed by atoms with Crippen molar-refractivity contribution in [1.29, 1.82) is 0 Å². The number of halogens is 1. The molecule has 0 aliphatic carbocycles. The number of nitrogens with one attached hydrogen (secondary N) is 2. The molecule has 9 heteroatoms. The zero-order valence-electron chi connectivity index (χ0n) is 18.2. The van der Waals surface area contributed by atoms with Gasteiger partial charge in [0.1, 0.15) is 4.21 Å². The third-order valence-electron chi connectivity index (χ3n) is 4.86. The van der Waals surface area contributed by atoms with Crippen molar-refractivity contribution >= 4 is 38.9 Å².